The summed E-state index contributed by atoms with van der Waals surface area (Å²) in [5.74, 6) is -1.34. The van der Waals surface area contributed by atoms with Gasteiger partial charge in [0.05, 0.1) is 0 Å². The average molecular weight is 268 g/mol. The molecule has 0 spiro atoms. The first-order valence-corrected chi connectivity index (χ1v) is 6.58. The Labute approximate surface area is 112 Å². The molecule has 0 atom stereocenters. The summed E-state index contributed by atoms with van der Waals surface area (Å²) in [6.45, 7) is 3.54. The first kappa shape index (κ1) is 15.4. The lowest BCUT2D eigenvalue weighted by molar-refractivity contribution is -0.146. The van der Waals surface area contributed by atoms with Crippen molar-refractivity contribution in [2.24, 2.45) is 0 Å². The fourth-order valence-electron chi connectivity index (χ4n) is 1.60. The van der Waals surface area contributed by atoms with Gasteiger partial charge in [-0.25, -0.2) is 0 Å². The standard InChI is InChI=1S/C13H20N2O4/c1-2-9-19-10-5-3-4-6-11(16)14-15-12(17)7-8-13(15)18/h7-8H,2-6,9-10H2,1H3,(H,14,16). The second-order valence-corrected chi connectivity index (χ2v) is 4.30. The lowest BCUT2D eigenvalue weighted by Crippen LogP contribution is -2.45. The molecule has 3 amide bonds. The minimum atomic E-state index is -0.508. The summed E-state index contributed by atoms with van der Waals surface area (Å²) in [6.07, 6.45) is 6.08. The number of hydrazine groups is 1. The van der Waals surface area contributed by atoms with Crippen LogP contribution in [0.2, 0.25) is 0 Å². The quantitative estimate of drug-likeness (QED) is 0.498. The van der Waals surface area contributed by atoms with Crippen LogP contribution in [0.15, 0.2) is 12.2 Å². The number of nitrogens with zero attached hydrogens (tertiary/aromatic N) is 1. The van der Waals surface area contributed by atoms with Crippen LogP contribution in [-0.4, -0.2) is 35.9 Å². The number of nitrogens with one attached hydrogen (secondary N) is 1. The van der Waals surface area contributed by atoms with E-state index in [9.17, 15) is 14.4 Å². The van der Waals surface area contributed by atoms with Crippen molar-refractivity contribution in [1.82, 2.24) is 10.4 Å². The molecule has 0 aromatic carbocycles. The highest BCUT2D eigenvalue weighted by molar-refractivity contribution is 6.13. The molecule has 1 heterocycles. The molecule has 1 rings (SSSR count). The molecular formula is C13H20N2O4. The minimum absolute atomic E-state index is 0.296. The third-order valence-electron chi connectivity index (χ3n) is 2.59. The zero-order valence-corrected chi connectivity index (χ0v) is 11.2. The predicted octanol–water partition coefficient (Wildman–Crippen LogP) is 0.930. The largest absolute Gasteiger partial charge is 0.381 e. The van der Waals surface area contributed by atoms with E-state index in [-0.39, 0.29) is 5.91 Å². The number of imide groups is 1. The van der Waals surface area contributed by atoms with Crippen molar-refractivity contribution in [3.63, 3.8) is 0 Å². The number of amides is 3. The third kappa shape index (κ3) is 5.65. The van der Waals surface area contributed by atoms with Crippen molar-refractivity contribution in [1.29, 1.82) is 0 Å². The van der Waals surface area contributed by atoms with Crippen LogP contribution in [0.3, 0.4) is 0 Å². The molecule has 19 heavy (non-hydrogen) atoms. The SMILES string of the molecule is CCCOCCCCCC(=O)NN1C(=O)C=CC1=O. The number of carbonyl (C=O) groups is 3. The molecule has 0 radical (unpaired) electrons. The molecule has 1 aliphatic rings. The smallest absolute Gasteiger partial charge is 0.272 e. The number of hydrogen-bond donors (Lipinski definition) is 1. The Morgan fingerprint density at radius 3 is 2.47 bits per heavy atom. The van der Waals surface area contributed by atoms with Crippen molar-refractivity contribution >= 4 is 17.7 Å². The van der Waals surface area contributed by atoms with Crippen molar-refractivity contribution < 1.29 is 19.1 Å². The van der Waals surface area contributed by atoms with Gasteiger partial charge >= 0.3 is 0 Å². The van der Waals surface area contributed by atoms with Gasteiger partial charge < -0.3 is 4.74 Å². The zero-order chi connectivity index (χ0) is 14.1. The lowest BCUT2D eigenvalue weighted by Gasteiger charge is -2.14. The Morgan fingerprint density at radius 1 is 1.16 bits per heavy atom. The average Bonchev–Trinajstić information content (AvgIpc) is 2.69. The molecule has 6 nitrogen and oxygen atoms in total. The fourth-order valence-corrected chi connectivity index (χ4v) is 1.60. The van der Waals surface area contributed by atoms with E-state index in [1.54, 1.807) is 0 Å². The van der Waals surface area contributed by atoms with E-state index in [0.717, 1.165) is 43.0 Å². The van der Waals surface area contributed by atoms with Crippen molar-refractivity contribution in [3.05, 3.63) is 12.2 Å². The van der Waals surface area contributed by atoms with Gasteiger partial charge in [-0.15, -0.1) is 0 Å². The van der Waals surface area contributed by atoms with Gasteiger partial charge in [0.15, 0.2) is 0 Å². The van der Waals surface area contributed by atoms with Crippen molar-refractivity contribution in [2.45, 2.75) is 39.0 Å². The maximum absolute atomic E-state index is 11.5. The van der Waals surface area contributed by atoms with E-state index in [1.165, 1.54) is 0 Å². The Kier molecular flexibility index (Phi) is 6.81. The number of unbranched alkanes of at least 4 members (excludes halogenated alkanes) is 2. The molecule has 6 heteroatoms. The van der Waals surface area contributed by atoms with Gasteiger partial charge in [-0.1, -0.05) is 13.3 Å². The van der Waals surface area contributed by atoms with E-state index in [2.05, 4.69) is 12.3 Å². The van der Waals surface area contributed by atoms with E-state index < -0.39 is 11.8 Å². The topological polar surface area (TPSA) is 75.7 Å². The van der Waals surface area contributed by atoms with E-state index in [0.29, 0.717) is 19.4 Å². The molecule has 0 unspecified atom stereocenters. The minimum Gasteiger partial charge on any atom is -0.381 e. The van der Waals surface area contributed by atoms with Gasteiger partial charge in [-0.3, -0.25) is 19.8 Å². The number of rotatable bonds is 9. The Hall–Kier alpha value is -1.69. The first-order valence-electron chi connectivity index (χ1n) is 6.58. The summed E-state index contributed by atoms with van der Waals surface area (Å²) in [7, 11) is 0. The van der Waals surface area contributed by atoms with Crippen molar-refractivity contribution in [3.8, 4) is 0 Å². The highest BCUT2D eigenvalue weighted by Crippen LogP contribution is 2.03. The lowest BCUT2D eigenvalue weighted by atomic mass is 10.2. The molecule has 0 bridgehead atoms. The molecule has 0 aliphatic carbocycles. The highest BCUT2D eigenvalue weighted by atomic mass is 16.5. The van der Waals surface area contributed by atoms with Gasteiger partial charge in [0.1, 0.15) is 0 Å². The van der Waals surface area contributed by atoms with Crippen molar-refractivity contribution in [2.75, 3.05) is 13.2 Å². The fraction of sp³-hybridized carbons (Fsp3) is 0.615. The number of hydrogen-bond acceptors (Lipinski definition) is 4. The van der Waals surface area contributed by atoms with Crippen LogP contribution < -0.4 is 5.43 Å². The molecule has 1 aliphatic heterocycles. The first-order chi connectivity index (χ1) is 9.15. The number of carbonyl (C=O) groups excluding carboxylic acids is 3. The van der Waals surface area contributed by atoms with Crippen LogP contribution >= 0.6 is 0 Å². The molecular weight excluding hydrogens is 248 g/mol. The number of ether oxygens (including phenoxy) is 1. The highest BCUT2D eigenvalue weighted by Gasteiger charge is 2.24. The van der Waals surface area contributed by atoms with Crippen LogP contribution in [0.25, 0.3) is 0 Å². The van der Waals surface area contributed by atoms with Gasteiger partial charge in [0, 0.05) is 31.8 Å². The molecule has 106 valence electrons. The molecule has 0 aromatic rings. The maximum Gasteiger partial charge on any atom is 0.272 e. The van der Waals surface area contributed by atoms with E-state index >= 15 is 0 Å². The predicted molar refractivity (Wildman–Crippen MR) is 68.7 cm³/mol. The Morgan fingerprint density at radius 2 is 1.84 bits per heavy atom. The Bertz CT molecular complexity index is 348. The summed E-state index contributed by atoms with van der Waals surface area (Å²) in [6, 6.07) is 0. The molecule has 0 saturated heterocycles. The van der Waals surface area contributed by atoms with E-state index in [4.69, 9.17) is 4.74 Å². The Balaban J connectivity index is 2.05. The van der Waals surface area contributed by atoms with Crippen LogP contribution in [0.4, 0.5) is 0 Å². The molecule has 0 aromatic heterocycles. The van der Waals surface area contributed by atoms with Gasteiger partial charge in [-0.2, -0.15) is 5.01 Å². The monoisotopic (exact) mass is 268 g/mol. The summed E-state index contributed by atoms with van der Waals surface area (Å²) in [5.41, 5.74) is 2.29. The van der Waals surface area contributed by atoms with Crippen LogP contribution in [0.1, 0.15) is 39.0 Å². The van der Waals surface area contributed by atoms with Crippen LogP contribution in [-0.2, 0) is 19.1 Å². The maximum atomic E-state index is 11.5. The summed E-state index contributed by atoms with van der Waals surface area (Å²) in [4.78, 5) is 33.9. The van der Waals surface area contributed by atoms with Gasteiger partial charge in [0.2, 0.25) is 5.91 Å². The normalized spacial score (nSPS) is 14.3. The molecule has 0 saturated carbocycles. The van der Waals surface area contributed by atoms with Crippen LogP contribution in [0, 0.1) is 0 Å². The third-order valence-corrected chi connectivity index (χ3v) is 2.59. The summed E-state index contributed by atoms with van der Waals surface area (Å²) < 4.78 is 5.32. The van der Waals surface area contributed by atoms with Crippen LogP contribution in [0.5, 0.6) is 0 Å². The second-order valence-electron chi connectivity index (χ2n) is 4.30. The second kappa shape index (κ2) is 8.42. The zero-order valence-electron chi connectivity index (χ0n) is 11.2. The van der Waals surface area contributed by atoms with Gasteiger partial charge in [-0.05, 0) is 19.3 Å². The summed E-state index contributed by atoms with van der Waals surface area (Å²) >= 11 is 0. The molecule has 0 fully saturated rings. The molecule has 1 N–H and O–H groups in total. The summed E-state index contributed by atoms with van der Waals surface area (Å²) in [5, 5.41) is 0.729. The van der Waals surface area contributed by atoms with E-state index in [1.807, 2.05) is 0 Å². The van der Waals surface area contributed by atoms with Gasteiger partial charge in [0.25, 0.3) is 11.8 Å².